The Labute approximate surface area is 121 Å². The average molecular weight is 291 g/mol. The zero-order valence-electron chi connectivity index (χ0n) is 11.6. The molecule has 0 fully saturated rings. The Morgan fingerprint density at radius 2 is 2.05 bits per heavy atom. The van der Waals surface area contributed by atoms with Crippen molar-refractivity contribution in [1.29, 1.82) is 0 Å². The summed E-state index contributed by atoms with van der Waals surface area (Å²) in [5.74, 6) is -2.05. The Morgan fingerprint density at radius 1 is 1.33 bits per heavy atom. The number of imide groups is 1. The maximum atomic E-state index is 11.8. The van der Waals surface area contributed by atoms with E-state index in [1.54, 1.807) is 36.1 Å². The number of carboxylic acid groups (broad SMARTS) is 1. The third-order valence-electron chi connectivity index (χ3n) is 3.28. The van der Waals surface area contributed by atoms with E-state index < -0.39 is 23.8 Å². The number of amides is 3. The van der Waals surface area contributed by atoms with Gasteiger partial charge in [-0.05, 0) is 18.6 Å². The van der Waals surface area contributed by atoms with E-state index in [0.717, 1.165) is 5.69 Å². The molecule has 7 nitrogen and oxygen atoms in total. The van der Waals surface area contributed by atoms with E-state index in [9.17, 15) is 19.5 Å². The number of urea groups is 1. The molecule has 0 aromatic heterocycles. The van der Waals surface area contributed by atoms with E-state index in [2.05, 4.69) is 10.6 Å². The van der Waals surface area contributed by atoms with Gasteiger partial charge in [-0.3, -0.25) is 14.9 Å². The molecule has 3 amide bonds. The third kappa shape index (κ3) is 3.31. The summed E-state index contributed by atoms with van der Waals surface area (Å²) in [7, 11) is 0. The monoisotopic (exact) mass is 291 g/mol. The van der Waals surface area contributed by atoms with Crippen LogP contribution in [0.1, 0.15) is 18.4 Å². The molecule has 0 saturated carbocycles. The number of para-hydroxylation sites is 1. The first kappa shape index (κ1) is 14.8. The summed E-state index contributed by atoms with van der Waals surface area (Å²) in [6, 6.07) is 6.53. The van der Waals surface area contributed by atoms with Crippen LogP contribution in [0.4, 0.5) is 10.5 Å². The molecule has 0 bridgehead atoms. The average Bonchev–Trinajstić information content (AvgIpc) is 2.78. The normalized spacial score (nSPS) is 16.2. The highest BCUT2D eigenvalue weighted by atomic mass is 16.4. The van der Waals surface area contributed by atoms with E-state index in [0.29, 0.717) is 12.1 Å². The van der Waals surface area contributed by atoms with E-state index in [4.69, 9.17) is 0 Å². The Balaban J connectivity index is 2.07. The fourth-order valence-electron chi connectivity index (χ4n) is 2.39. The van der Waals surface area contributed by atoms with Crippen molar-refractivity contribution in [3.63, 3.8) is 0 Å². The summed E-state index contributed by atoms with van der Waals surface area (Å²) < 4.78 is 0. The predicted molar refractivity (Wildman–Crippen MR) is 76.2 cm³/mol. The summed E-state index contributed by atoms with van der Waals surface area (Å²) in [5.41, 5.74) is 1.41. The minimum Gasteiger partial charge on any atom is -0.481 e. The lowest BCUT2D eigenvalue weighted by atomic mass is 10.0. The van der Waals surface area contributed by atoms with Gasteiger partial charge in [0.25, 0.3) is 0 Å². The summed E-state index contributed by atoms with van der Waals surface area (Å²) in [6.07, 6.45) is 0. The largest absolute Gasteiger partial charge is 0.481 e. The van der Waals surface area contributed by atoms with E-state index in [-0.39, 0.29) is 13.1 Å². The number of hydrogen-bond acceptors (Lipinski definition) is 4. The SMILES string of the molecule is CCNC(=O)NC(=O)CN1CC(C(=O)O)c2ccccc21. The van der Waals surface area contributed by atoms with E-state index >= 15 is 0 Å². The lowest BCUT2D eigenvalue weighted by Crippen LogP contribution is -2.44. The Hall–Kier alpha value is -2.57. The molecule has 1 aromatic rings. The van der Waals surface area contributed by atoms with Gasteiger partial charge >= 0.3 is 12.0 Å². The number of benzene rings is 1. The number of aliphatic carboxylic acids is 1. The lowest BCUT2D eigenvalue weighted by Gasteiger charge is -2.18. The van der Waals surface area contributed by atoms with Crippen molar-refractivity contribution >= 4 is 23.6 Å². The zero-order valence-corrected chi connectivity index (χ0v) is 11.6. The minimum atomic E-state index is -0.922. The second kappa shape index (κ2) is 6.25. The lowest BCUT2D eigenvalue weighted by molar-refractivity contribution is -0.138. The first-order chi connectivity index (χ1) is 10.0. The van der Waals surface area contributed by atoms with Crippen LogP contribution < -0.4 is 15.5 Å². The zero-order chi connectivity index (χ0) is 15.4. The molecule has 0 aliphatic carbocycles. The number of anilines is 1. The highest BCUT2D eigenvalue weighted by molar-refractivity contribution is 5.97. The molecule has 7 heteroatoms. The molecule has 1 aromatic carbocycles. The van der Waals surface area contributed by atoms with Crippen LogP contribution in [0, 0.1) is 0 Å². The Kier molecular flexibility index (Phi) is 4.42. The molecule has 2 rings (SSSR count). The summed E-state index contributed by atoms with van der Waals surface area (Å²) >= 11 is 0. The number of carbonyl (C=O) groups excluding carboxylic acids is 2. The van der Waals surface area contributed by atoms with Gasteiger partial charge in [0.1, 0.15) is 5.92 Å². The maximum Gasteiger partial charge on any atom is 0.321 e. The van der Waals surface area contributed by atoms with Crippen LogP contribution in [0.3, 0.4) is 0 Å². The first-order valence-electron chi connectivity index (χ1n) is 6.67. The summed E-state index contributed by atoms with van der Waals surface area (Å²) in [5, 5.41) is 13.9. The van der Waals surface area contributed by atoms with Gasteiger partial charge in [0.05, 0.1) is 6.54 Å². The number of nitrogens with one attached hydrogen (secondary N) is 2. The van der Waals surface area contributed by atoms with Crippen LogP contribution in [-0.2, 0) is 9.59 Å². The van der Waals surface area contributed by atoms with Gasteiger partial charge in [-0.2, -0.15) is 0 Å². The molecule has 0 radical (unpaired) electrons. The predicted octanol–water partition coefficient (Wildman–Crippen LogP) is 0.521. The molecule has 3 N–H and O–H groups in total. The van der Waals surface area contributed by atoms with Crippen LogP contribution in [0.2, 0.25) is 0 Å². The van der Waals surface area contributed by atoms with E-state index in [1.165, 1.54) is 0 Å². The number of carboxylic acids is 1. The molecule has 0 saturated heterocycles. The number of fused-ring (bicyclic) bond motifs is 1. The summed E-state index contributed by atoms with van der Waals surface area (Å²) in [4.78, 5) is 36.0. The van der Waals surface area contributed by atoms with E-state index in [1.807, 2.05) is 0 Å². The van der Waals surface area contributed by atoms with Gasteiger partial charge in [-0.1, -0.05) is 18.2 Å². The molecule has 1 atom stereocenters. The maximum absolute atomic E-state index is 11.8. The topological polar surface area (TPSA) is 98.7 Å². The van der Waals surface area contributed by atoms with Gasteiger partial charge in [-0.25, -0.2) is 4.79 Å². The van der Waals surface area contributed by atoms with Crippen molar-refractivity contribution < 1.29 is 19.5 Å². The standard InChI is InChI=1S/C14H17N3O4/c1-2-15-14(21)16-12(18)8-17-7-10(13(19)20)9-5-3-4-6-11(9)17/h3-6,10H,2,7-8H2,1H3,(H,19,20)(H2,15,16,18,21). The fraction of sp³-hybridized carbons (Fsp3) is 0.357. The highest BCUT2D eigenvalue weighted by Crippen LogP contribution is 2.35. The van der Waals surface area contributed by atoms with Gasteiger partial charge < -0.3 is 15.3 Å². The van der Waals surface area contributed by atoms with Gasteiger partial charge in [0, 0.05) is 18.8 Å². The van der Waals surface area contributed by atoms with Crippen LogP contribution in [0.5, 0.6) is 0 Å². The Bertz CT molecular complexity index is 573. The smallest absolute Gasteiger partial charge is 0.321 e. The fourth-order valence-corrected chi connectivity index (χ4v) is 2.39. The van der Waals surface area contributed by atoms with Crippen molar-refractivity contribution in [2.24, 2.45) is 0 Å². The molecule has 1 aliphatic heterocycles. The third-order valence-corrected chi connectivity index (χ3v) is 3.28. The van der Waals surface area contributed by atoms with Crippen molar-refractivity contribution in [1.82, 2.24) is 10.6 Å². The van der Waals surface area contributed by atoms with Gasteiger partial charge in [0.15, 0.2) is 0 Å². The van der Waals surface area contributed by atoms with Crippen LogP contribution in [-0.4, -0.2) is 42.6 Å². The van der Waals surface area contributed by atoms with Crippen LogP contribution >= 0.6 is 0 Å². The van der Waals surface area contributed by atoms with Crippen LogP contribution in [0.15, 0.2) is 24.3 Å². The molecule has 21 heavy (non-hydrogen) atoms. The Morgan fingerprint density at radius 3 is 2.71 bits per heavy atom. The van der Waals surface area contributed by atoms with Gasteiger partial charge in [0.2, 0.25) is 5.91 Å². The van der Waals surface area contributed by atoms with Crippen molar-refractivity contribution in [3.05, 3.63) is 29.8 Å². The molecule has 112 valence electrons. The number of nitrogens with zero attached hydrogens (tertiary/aromatic N) is 1. The van der Waals surface area contributed by atoms with Crippen molar-refractivity contribution in [2.75, 3.05) is 24.5 Å². The van der Waals surface area contributed by atoms with Gasteiger partial charge in [-0.15, -0.1) is 0 Å². The van der Waals surface area contributed by atoms with Crippen molar-refractivity contribution in [3.8, 4) is 0 Å². The first-order valence-corrected chi connectivity index (χ1v) is 6.67. The molecular weight excluding hydrogens is 274 g/mol. The highest BCUT2D eigenvalue weighted by Gasteiger charge is 2.34. The quantitative estimate of drug-likeness (QED) is 0.751. The molecule has 1 heterocycles. The second-order valence-electron chi connectivity index (χ2n) is 4.74. The molecular formula is C14H17N3O4. The van der Waals surface area contributed by atoms with Crippen LogP contribution in [0.25, 0.3) is 0 Å². The summed E-state index contributed by atoms with van der Waals surface area (Å²) in [6.45, 7) is 2.33. The van der Waals surface area contributed by atoms with Crippen molar-refractivity contribution in [2.45, 2.75) is 12.8 Å². The number of carbonyl (C=O) groups is 3. The molecule has 0 spiro atoms. The second-order valence-corrected chi connectivity index (χ2v) is 4.74. The molecule has 1 unspecified atom stereocenters. The number of rotatable bonds is 4. The molecule has 1 aliphatic rings. The number of hydrogen-bond donors (Lipinski definition) is 3. The minimum absolute atomic E-state index is 0.0576.